The normalized spacial score (nSPS) is 19.5. The molecule has 1 unspecified atom stereocenters. The van der Waals surface area contributed by atoms with Gasteiger partial charge >= 0.3 is 13.9 Å². The lowest BCUT2D eigenvalue weighted by Crippen LogP contribution is -2.37. The van der Waals surface area contributed by atoms with Gasteiger partial charge in [-0.2, -0.15) is 0 Å². The van der Waals surface area contributed by atoms with E-state index in [0.29, 0.717) is 35.2 Å². The summed E-state index contributed by atoms with van der Waals surface area (Å²) >= 11 is 0. The van der Waals surface area contributed by atoms with Crippen molar-refractivity contribution in [2.24, 2.45) is 0 Å². The molecule has 0 spiro atoms. The minimum Gasteiger partial charge on any atom is -0.442 e. The van der Waals surface area contributed by atoms with E-state index in [0.717, 1.165) is 5.56 Å². The molecule has 3 N–H and O–H groups in total. The quantitative estimate of drug-likeness (QED) is 0.350. The fraction of sp³-hybridized carbons (Fsp3) is 0.500. The summed E-state index contributed by atoms with van der Waals surface area (Å²) in [5.41, 5.74) is 1.80. The molecular formula is C28H36FN2O9PS. The van der Waals surface area contributed by atoms with Gasteiger partial charge in [-0.3, -0.25) is 19.5 Å². The van der Waals surface area contributed by atoms with Crippen molar-refractivity contribution in [1.82, 2.24) is 5.32 Å². The molecule has 14 heteroatoms. The van der Waals surface area contributed by atoms with E-state index in [4.69, 9.17) is 9.26 Å². The zero-order valence-electron chi connectivity index (χ0n) is 23.9. The number of hydrogen-bond acceptors (Lipinski definition) is 7. The number of anilines is 1. The van der Waals surface area contributed by atoms with E-state index in [-0.39, 0.29) is 48.6 Å². The highest BCUT2D eigenvalue weighted by molar-refractivity contribution is 7.91. The molecule has 42 heavy (non-hydrogen) atoms. The second-order valence-electron chi connectivity index (χ2n) is 11.6. The van der Waals surface area contributed by atoms with Crippen molar-refractivity contribution in [3.63, 3.8) is 0 Å². The Hall–Kier alpha value is -2.99. The number of benzene rings is 2. The van der Waals surface area contributed by atoms with Crippen molar-refractivity contribution in [3.05, 3.63) is 58.4 Å². The average molecular weight is 627 g/mol. The number of cyclic esters (lactones) is 1. The monoisotopic (exact) mass is 626 g/mol. The molecule has 230 valence electrons. The second-order valence-corrected chi connectivity index (χ2v) is 15.1. The van der Waals surface area contributed by atoms with Gasteiger partial charge < -0.3 is 14.6 Å². The van der Waals surface area contributed by atoms with Crippen molar-refractivity contribution in [3.8, 4) is 5.75 Å². The fourth-order valence-electron chi connectivity index (χ4n) is 5.83. The molecule has 0 aliphatic carbocycles. The molecule has 2 heterocycles. The average Bonchev–Trinajstić information content (AvgIpc) is 3.21. The van der Waals surface area contributed by atoms with Crippen molar-refractivity contribution in [2.45, 2.75) is 64.4 Å². The van der Waals surface area contributed by atoms with E-state index in [1.54, 1.807) is 39.8 Å². The summed E-state index contributed by atoms with van der Waals surface area (Å²) in [7, 11) is -7.92. The van der Waals surface area contributed by atoms with Gasteiger partial charge in [0, 0.05) is 17.4 Å². The number of rotatable bonds is 9. The molecule has 11 nitrogen and oxygen atoms in total. The molecule has 2 fully saturated rings. The van der Waals surface area contributed by atoms with Gasteiger partial charge in [0.25, 0.3) is 0 Å². The first-order valence-corrected chi connectivity index (χ1v) is 16.9. The molecule has 4 rings (SSSR count). The zero-order valence-corrected chi connectivity index (χ0v) is 25.6. The smallest absolute Gasteiger partial charge is 0.442 e. The molecule has 1 atom stereocenters. The molecule has 0 aromatic heterocycles. The van der Waals surface area contributed by atoms with Crippen LogP contribution in [-0.4, -0.2) is 60.9 Å². The first-order chi connectivity index (χ1) is 19.4. The van der Waals surface area contributed by atoms with Gasteiger partial charge in [0.05, 0.1) is 30.3 Å². The summed E-state index contributed by atoms with van der Waals surface area (Å²) in [6.45, 7) is 7.16. The number of nitrogens with zero attached hydrogens (tertiary/aromatic N) is 1. The van der Waals surface area contributed by atoms with Crippen LogP contribution in [0.4, 0.5) is 14.9 Å². The standard InChI is InChI=1S/C28H36FN2O9PS/c1-17-11-18(2)26(24(12-17)40-41(34,35)36)28(3,4)14-25(32)30-15-21-16-31(27(33)39-21)20-5-6-22(23(29)13-20)19-7-9-42(37,38)10-8-19/h5-6,11-13,19,21H,7-10,14-16H2,1-4H3,(H,30,32)(H2,34,35,36). The first kappa shape index (κ1) is 31.9. The van der Waals surface area contributed by atoms with Crippen LogP contribution < -0.4 is 14.7 Å². The number of nitrogens with one attached hydrogen (secondary N) is 1. The summed E-state index contributed by atoms with van der Waals surface area (Å²) in [6.07, 6.45) is -0.714. The molecular weight excluding hydrogens is 590 g/mol. The Morgan fingerprint density at radius 2 is 1.86 bits per heavy atom. The Kier molecular flexibility index (Phi) is 9.09. The summed E-state index contributed by atoms with van der Waals surface area (Å²) in [4.78, 5) is 45.5. The van der Waals surface area contributed by atoms with Crippen molar-refractivity contribution in [1.29, 1.82) is 0 Å². The van der Waals surface area contributed by atoms with Gasteiger partial charge in [-0.1, -0.05) is 26.0 Å². The number of halogens is 1. The van der Waals surface area contributed by atoms with E-state index in [1.807, 2.05) is 6.07 Å². The first-order valence-electron chi connectivity index (χ1n) is 13.6. The van der Waals surface area contributed by atoms with Crippen LogP contribution in [0, 0.1) is 19.7 Å². The third-order valence-electron chi connectivity index (χ3n) is 7.63. The van der Waals surface area contributed by atoms with Crippen LogP contribution in [-0.2, 0) is 29.3 Å². The minimum absolute atomic E-state index is 0.00534. The molecule has 2 aromatic rings. The van der Waals surface area contributed by atoms with E-state index >= 15 is 0 Å². The van der Waals surface area contributed by atoms with Crippen LogP contribution in [0.2, 0.25) is 0 Å². The number of aryl methyl sites for hydroxylation is 2. The minimum atomic E-state index is -4.84. The van der Waals surface area contributed by atoms with E-state index in [9.17, 15) is 36.7 Å². The van der Waals surface area contributed by atoms with Gasteiger partial charge in [0.2, 0.25) is 5.91 Å². The lowest BCUT2D eigenvalue weighted by molar-refractivity contribution is -0.122. The molecule has 2 aliphatic heterocycles. The SMILES string of the molecule is Cc1cc(C)c(C(C)(C)CC(=O)NCC2CN(c3ccc(C4CCS(=O)(=O)CC4)c(F)c3)C(=O)O2)c(OP(=O)(O)O)c1. The Bertz CT molecular complexity index is 1530. The van der Waals surface area contributed by atoms with Gasteiger partial charge in [-0.15, -0.1) is 0 Å². The third-order valence-corrected chi connectivity index (χ3v) is 9.78. The van der Waals surface area contributed by atoms with Crippen molar-refractivity contribution in [2.75, 3.05) is 29.5 Å². The second kappa shape index (κ2) is 11.9. The van der Waals surface area contributed by atoms with Crippen molar-refractivity contribution < 1.29 is 46.0 Å². The van der Waals surface area contributed by atoms with Crippen LogP contribution in [0.1, 0.15) is 61.3 Å². The van der Waals surface area contributed by atoms with E-state index in [1.165, 1.54) is 17.0 Å². The lowest BCUT2D eigenvalue weighted by atomic mass is 9.78. The van der Waals surface area contributed by atoms with Crippen LogP contribution in [0.25, 0.3) is 0 Å². The largest absolute Gasteiger partial charge is 0.524 e. The molecule has 0 saturated carbocycles. The maximum absolute atomic E-state index is 15.0. The highest BCUT2D eigenvalue weighted by Crippen LogP contribution is 2.45. The van der Waals surface area contributed by atoms with Gasteiger partial charge in [0.15, 0.2) is 0 Å². The summed E-state index contributed by atoms with van der Waals surface area (Å²) in [6, 6.07) is 7.78. The number of phosphoric acid groups is 1. The summed E-state index contributed by atoms with van der Waals surface area (Å²) < 4.78 is 60.3. The molecule has 2 aromatic carbocycles. The fourth-order valence-corrected chi connectivity index (χ4v) is 7.72. The van der Waals surface area contributed by atoms with E-state index < -0.39 is 41.1 Å². The van der Waals surface area contributed by atoms with Gasteiger partial charge in [0.1, 0.15) is 27.5 Å². The number of hydrogen-bond donors (Lipinski definition) is 3. The Balaban J connectivity index is 1.37. The van der Waals surface area contributed by atoms with Gasteiger partial charge in [-0.25, -0.2) is 22.2 Å². The summed E-state index contributed by atoms with van der Waals surface area (Å²) in [5, 5.41) is 2.75. The topological polar surface area (TPSA) is 160 Å². The molecule has 2 saturated heterocycles. The van der Waals surface area contributed by atoms with Crippen molar-refractivity contribution >= 4 is 35.3 Å². The highest BCUT2D eigenvalue weighted by Gasteiger charge is 2.35. The lowest BCUT2D eigenvalue weighted by Gasteiger charge is -2.29. The van der Waals surface area contributed by atoms with Gasteiger partial charge in [-0.05, 0) is 67.5 Å². The van der Waals surface area contributed by atoms with Crippen LogP contribution >= 0.6 is 7.82 Å². The third kappa shape index (κ3) is 7.69. The molecule has 0 radical (unpaired) electrons. The number of carbonyl (C=O) groups is 2. The number of carbonyl (C=O) groups excluding carboxylic acids is 2. The predicted octanol–water partition coefficient (Wildman–Crippen LogP) is 4.02. The Morgan fingerprint density at radius 1 is 1.19 bits per heavy atom. The van der Waals surface area contributed by atoms with Crippen LogP contribution in [0.5, 0.6) is 5.75 Å². The Labute approximate surface area is 244 Å². The maximum Gasteiger partial charge on any atom is 0.524 e. The number of ether oxygens (including phenoxy) is 1. The summed E-state index contributed by atoms with van der Waals surface area (Å²) in [5.74, 6) is -1.04. The number of sulfone groups is 1. The molecule has 2 aliphatic rings. The predicted molar refractivity (Wildman–Crippen MR) is 154 cm³/mol. The Morgan fingerprint density at radius 3 is 2.48 bits per heavy atom. The highest BCUT2D eigenvalue weighted by atomic mass is 32.2. The number of phosphoric ester groups is 1. The van der Waals surface area contributed by atoms with Crippen LogP contribution in [0.3, 0.4) is 0 Å². The zero-order chi connectivity index (χ0) is 31.0. The molecule has 0 bridgehead atoms. The van der Waals surface area contributed by atoms with Crippen LogP contribution in [0.15, 0.2) is 30.3 Å². The van der Waals surface area contributed by atoms with E-state index in [2.05, 4.69) is 5.32 Å². The molecule has 2 amide bonds. The number of amides is 2. The maximum atomic E-state index is 15.0.